The maximum absolute atomic E-state index is 10.8. The van der Waals surface area contributed by atoms with E-state index in [1.165, 1.54) is 20.3 Å². The number of hydrogen-bond acceptors (Lipinski definition) is 3. The molecule has 3 nitrogen and oxygen atoms in total. The van der Waals surface area contributed by atoms with E-state index in [9.17, 15) is 4.79 Å². The fourth-order valence-electron chi connectivity index (χ4n) is 0.461. The van der Waals surface area contributed by atoms with E-state index in [1.54, 1.807) is 6.08 Å². The molecule has 0 spiro atoms. The van der Waals surface area contributed by atoms with E-state index < -0.39 is 5.97 Å². The van der Waals surface area contributed by atoms with Crippen LogP contribution in [0.25, 0.3) is 0 Å². The molecule has 0 saturated heterocycles. The Labute approximate surface area is 72.0 Å². The van der Waals surface area contributed by atoms with Gasteiger partial charge in [0.05, 0.1) is 19.8 Å². The lowest BCUT2D eigenvalue weighted by Crippen LogP contribution is -2.00. The smallest absolute Gasteiger partial charge is 0.337 e. The van der Waals surface area contributed by atoms with E-state index in [0.29, 0.717) is 5.76 Å². The molecule has 0 amide bonds. The lowest BCUT2D eigenvalue weighted by Gasteiger charge is -1.97. The summed E-state index contributed by atoms with van der Waals surface area (Å²) in [6, 6.07) is 0. The summed E-state index contributed by atoms with van der Waals surface area (Å²) in [6.45, 7) is 7.00. The molecule has 0 aliphatic rings. The van der Waals surface area contributed by atoms with Gasteiger partial charge in [0.15, 0.2) is 0 Å². The van der Waals surface area contributed by atoms with Crippen molar-refractivity contribution in [1.29, 1.82) is 0 Å². The third-order valence-electron chi connectivity index (χ3n) is 1.18. The van der Waals surface area contributed by atoms with Crippen molar-refractivity contribution < 1.29 is 14.3 Å². The summed E-state index contributed by atoms with van der Waals surface area (Å²) in [5, 5.41) is 0. The summed E-state index contributed by atoms with van der Waals surface area (Å²) in [5.74, 6) is -0.00444. The first kappa shape index (κ1) is 10.5. The molecule has 0 fully saturated rings. The number of rotatable bonds is 4. The van der Waals surface area contributed by atoms with Gasteiger partial charge in [-0.2, -0.15) is 0 Å². The average molecular weight is 168 g/mol. The van der Waals surface area contributed by atoms with Crippen LogP contribution in [0.4, 0.5) is 0 Å². The van der Waals surface area contributed by atoms with Gasteiger partial charge >= 0.3 is 5.97 Å². The highest BCUT2D eigenvalue weighted by Gasteiger charge is 2.00. The monoisotopic (exact) mass is 168 g/mol. The molecule has 0 aromatic heterocycles. The Morgan fingerprint density at radius 1 is 1.17 bits per heavy atom. The van der Waals surface area contributed by atoms with Crippen LogP contribution in [-0.2, 0) is 14.3 Å². The third-order valence-corrected chi connectivity index (χ3v) is 1.18. The third kappa shape index (κ3) is 3.61. The van der Waals surface area contributed by atoms with Crippen LogP contribution in [0.5, 0.6) is 0 Å². The van der Waals surface area contributed by atoms with Crippen molar-refractivity contribution in [2.75, 3.05) is 14.2 Å². The van der Waals surface area contributed by atoms with Crippen molar-refractivity contribution in [3.63, 3.8) is 0 Å². The highest BCUT2D eigenvalue weighted by Crippen LogP contribution is 1.99. The Morgan fingerprint density at radius 3 is 2.17 bits per heavy atom. The molecule has 0 radical (unpaired) electrons. The zero-order valence-electron chi connectivity index (χ0n) is 7.29. The largest absolute Gasteiger partial charge is 0.497 e. The van der Waals surface area contributed by atoms with Gasteiger partial charge in [0.2, 0.25) is 0 Å². The molecule has 66 valence electrons. The van der Waals surface area contributed by atoms with Crippen LogP contribution in [0.2, 0.25) is 0 Å². The molecule has 0 aromatic rings. The molecular weight excluding hydrogens is 156 g/mol. The highest BCUT2D eigenvalue weighted by atomic mass is 16.5. The standard InChI is InChI=1S/C9H12O3/c1-7(9(10)12-4)5-6-8(2)11-3/h5-6H,1-2H2,3-4H3/b6-5-. The molecular formula is C9H12O3. The highest BCUT2D eigenvalue weighted by molar-refractivity contribution is 5.90. The van der Waals surface area contributed by atoms with Gasteiger partial charge in [-0.05, 0) is 12.2 Å². The molecule has 0 aliphatic carbocycles. The molecule has 0 aromatic carbocycles. The summed E-state index contributed by atoms with van der Waals surface area (Å²) in [5.41, 5.74) is 0.260. The maximum atomic E-state index is 10.8. The molecule has 3 heteroatoms. The topological polar surface area (TPSA) is 35.5 Å². The quantitative estimate of drug-likeness (QED) is 0.276. The van der Waals surface area contributed by atoms with Crippen molar-refractivity contribution >= 4 is 5.97 Å². The Bertz CT molecular complexity index is 226. The van der Waals surface area contributed by atoms with Crippen LogP contribution in [0.1, 0.15) is 0 Å². The summed E-state index contributed by atoms with van der Waals surface area (Å²) < 4.78 is 9.16. The molecule has 0 bridgehead atoms. The fourth-order valence-corrected chi connectivity index (χ4v) is 0.461. The molecule has 0 saturated carbocycles. The fraction of sp³-hybridized carbons (Fsp3) is 0.222. The average Bonchev–Trinajstić information content (AvgIpc) is 2.11. The Morgan fingerprint density at radius 2 is 1.75 bits per heavy atom. The molecule has 0 heterocycles. The number of ether oxygens (including phenoxy) is 2. The summed E-state index contributed by atoms with van der Waals surface area (Å²) in [7, 11) is 2.79. The normalized spacial score (nSPS) is 9.50. The molecule has 0 N–H and O–H groups in total. The number of carbonyl (C=O) groups excluding carboxylic acids is 1. The van der Waals surface area contributed by atoms with Gasteiger partial charge in [-0.1, -0.05) is 13.2 Å². The minimum atomic E-state index is -0.463. The molecule has 0 unspecified atom stereocenters. The molecule has 12 heavy (non-hydrogen) atoms. The van der Waals surface area contributed by atoms with E-state index in [2.05, 4.69) is 17.9 Å². The number of methoxy groups -OCH3 is 2. The number of carbonyl (C=O) groups is 1. The molecule has 0 rings (SSSR count). The van der Waals surface area contributed by atoms with E-state index in [-0.39, 0.29) is 5.57 Å². The number of allylic oxidation sites excluding steroid dienone is 1. The van der Waals surface area contributed by atoms with Crippen LogP contribution in [0, 0.1) is 0 Å². The predicted octanol–water partition coefficient (Wildman–Crippen LogP) is 1.43. The van der Waals surface area contributed by atoms with E-state index in [4.69, 9.17) is 4.74 Å². The van der Waals surface area contributed by atoms with E-state index in [0.717, 1.165) is 0 Å². The minimum absolute atomic E-state index is 0.260. The predicted molar refractivity (Wildman–Crippen MR) is 46.4 cm³/mol. The van der Waals surface area contributed by atoms with Gasteiger partial charge in [-0.3, -0.25) is 0 Å². The Balaban J connectivity index is 4.09. The zero-order chi connectivity index (χ0) is 9.56. The number of hydrogen-bond donors (Lipinski definition) is 0. The van der Waals surface area contributed by atoms with Gasteiger partial charge < -0.3 is 9.47 Å². The van der Waals surface area contributed by atoms with Gasteiger partial charge in [0.25, 0.3) is 0 Å². The second kappa shape index (κ2) is 5.18. The minimum Gasteiger partial charge on any atom is -0.497 e. The Kier molecular flexibility index (Phi) is 4.53. The van der Waals surface area contributed by atoms with Crippen LogP contribution >= 0.6 is 0 Å². The van der Waals surface area contributed by atoms with Gasteiger partial charge in [0.1, 0.15) is 5.76 Å². The molecule has 0 atom stereocenters. The lowest BCUT2D eigenvalue weighted by atomic mass is 10.3. The van der Waals surface area contributed by atoms with Crippen molar-refractivity contribution in [2.24, 2.45) is 0 Å². The second-order valence-corrected chi connectivity index (χ2v) is 2.02. The van der Waals surface area contributed by atoms with E-state index in [1.807, 2.05) is 0 Å². The van der Waals surface area contributed by atoms with Crippen LogP contribution in [0.3, 0.4) is 0 Å². The first-order valence-electron chi connectivity index (χ1n) is 3.30. The Hall–Kier alpha value is -1.51. The van der Waals surface area contributed by atoms with Gasteiger partial charge in [0, 0.05) is 0 Å². The summed E-state index contributed by atoms with van der Waals surface area (Å²) in [6.07, 6.45) is 3.02. The van der Waals surface area contributed by atoms with Crippen molar-refractivity contribution in [1.82, 2.24) is 0 Å². The summed E-state index contributed by atoms with van der Waals surface area (Å²) in [4.78, 5) is 10.8. The number of esters is 1. The van der Waals surface area contributed by atoms with Crippen LogP contribution in [-0.4, -0.2) is 20.2 Å². The maximum Gasteiger partial charge on any atom is 0.337 e. The zero-order valence-corrected chi connectivity index (χ0v) is 7.29. The van der Waals surface area contributed by atoms with Crippen molar-refractivity contribution in [3.05, 3.63) is 36.6 Å². The lowest BCUT2D eigenvalue weighted by molar-refractivity contribution is -0.135. The van der Waals surface area contributed by atoms with Gasteiger partial charge in [-0.15, -0.1) is 0 Å². The SMILES string of the molecule is C=C(/C=C\C(=C)C(=O)OC)OC. The first-order valence-corrected chi connectivity index (χ1v) is 3.30. The first-order chi connectivity index (χ1) is 5.61. The summed E-state index contributed by atoms with van der Waals surface area (Å²) >= 11 is 0. The van der Waals surface area contributed by atoms with Crippen LogP contribution in [0.15, 0.2) is 36.6 Å². The van der Waals surface area contributed by atoms with Crippen molar-refractivity contribution in [2.45, 2.75) is 0 Å². The van der Waals surface area contributed by atoms with Crippen molar-refractivity contribution in [3.8, 4) is 0 Å². The van der Waals surface area contributed by atoms with Crippen LogP contribution < -0.4 is 0 Å². The van der Waals surface area contributed by atoms with Gasteiger partial charge in [-0.25, -0.2) is 4.79 Å². The van der Waals surface area contributed by atoms with E-state index >= 15 is 0 Å². The molecule has 0 aliphatic heterocycles. The second-order valence-electron chi connectivity index (χ2n) is 2.02.